The molecule has 0 aliphatic carbocycles. The van der Waals surface area contributed by atoms with Gasteiger partial charge in [0.2, 0.25) is 0 Å². The number of carboxylic acids is 1. The summed E-state index contributed by atoms with van der Waals surface area (Å²) in [6.07, 6.45) is 2.02. The van der Waals surface area contributed by atoms with Gasteiger partial charge in [0.1, 0.15) is 0 Å². The second-order valence-electron chi connectivity index (χ2n) is 4.91. The summed E-state index contributed by atoms with van der Waals surface area (Å²) in [7, 11) is -3.86. The summed E-state index contributed by atoms with van der Waals surface area (Å²) in [4.78, 5) is 14.8. The molecule has 0 bridgehead atoms. The van der Waals surface area contributed by atoms with Gasteiger partial charge in [-0.3, -0.25) is 9.71 Å². The number of nitrogens with zero attached hydrogens (tertiary/aromatic N) is 2. The second kappa shape index (κ2) is 5.96. The highest BCUT2D eigenvalue weighted by Gasteiger charge is 2.31. The molecule has 0 radical (unpaired) electrons. The highest BCUT2D eigenvalue weighted by Crippen LogP contribution is 2.19. The van der Waals surface area contributed by atoms with E-state index in [1.165, 1.54) is 22.8 Å². The van der Waals surface area contributed by atoms with Crippen molar-refractivity contribution in [3.63, 3.8) is 0 Å². The predicted molar refractivity (Wildman–Crippen MR) is 75.3 cm³/mol. The van der Waals surface area contributed by atoms with E-state index in [4.69, 9.17) is 9.84 Å². The molecule has 1 saturated heterocycles. The Morgan fingerprint density at radius 1 is 1.43 bits per heavy atom. The lowest BCUT2D eigenvalue weighted by Gasteiger charge is -2.34. The largest absolute Gasteiger partial charge is 0.478 e. The summed E-state index contributed by atoms with van der Waals surface area (Å²) >= 11 is 0. The first-order valence-electron chi connectivity index (χ1n) is 6.40. The van der Waals surface area contributed by atoms with Gasteiger partial charge in [-0.25, -0.2) is 4.79 Å². The number of hydrogen-bond donors (Lipinski definition) is 2. The van der Waals surface area contributed by atoms with E-state index in [-0.39, 0.29) is 36.5 Å². The predicted octanol–water partition coefficient (Wildman–Crippen LogP) is 0.546. The molecule has 2 rings (SSSR count). The third kappa shape index (κ3) is 3.69. The summed E-state index contributed by atoms with van der Waals surface area (Å²) in [6.45, 7) is 3.99. The molecule has 0 spiro atoms. The fraction of sp³-hybridized carbons (Fsp3) is 0.500. The van der Waals surface area contributed by atoms with Gasteiger partial charge in [0, 0.05) is 19.3 Å². The molecule has 9 heteroatoms. The van der Waals surface area contributed by atoms with E-state index in [2.05, 4.69) is 9.71 Å². The van der Waals surface area contributed by atoms with Crippen molar-refractivity contribution in [2.24, 2.45) is 0 Å². The van der Waals surface area contributed by atoms with E-state index < -0.39 is 16.2 Å². The van der Waals surface area contributed by atoms with E-state index in [9.17, 15) is 13.2 Å². The first-order chi connectivity index (χ1) is 9.79. The number of anilines is 1. The van der Waals surface area contributed by atoms with Crippen LogP contribution in [-0.2, 0) is 14.9 Å². The maximum atomic E-state index is 12.4. The van der Waals surface area contributed by atoms with Crippen LogP contribution in [0.25, 0.3) is 0 Å². The van der Waals surface area contributed by atoms with Crippen molar-refractivity contribution in [3.8, 4) is 0 Å². The van der Waals surface area contributed by atoms with Crippen LogP contribution in [0.3, 0.4) is 0 Å². The third-order valence-corrected chi connectivity index (χ3v) is 4.47. The smallest absolute Gasteiger partial charge is 0.337 e. The van der Waals surface area contributed by atoms with Crippen molar-refractivity contribution < 1.29 is 23.1 Å². The average Bonchev–Trinajstić information content (AvgIpc) is 2.37. The zero-order chi connectivity index (χ0) is 15.6. The lowest BCUT2D eigenvalue weighted by Crippen LogP contribution is -2.50. The number of nitrogens with one attached hydrogen (secondary N) is 1. The van der Waals surface area contributed by atoms with Gasteiger partial charge in [-0.15, -0.1) is 0 Å². The summed E-state index contributed by atoms with van der Waals surface area (Å²) < 4.78 is 33.7. The molecule has 1 fully saturated rings. The van der Waals surface area contributed by atoms with Crippen LogP contribution < -0.4 is 4.72 Å². The molecule has 2 atom stereocenters. The Morgan fingerprint density at radius 3 is 2.62 bits per heavy atom. The lowest BCUT2D eigenvalue weighted by molar-refractivity contribution is -0.0439. The van der Waals surface area contributed by atoms with E-state index in [0.29, 0.717) is 0 Å². The molecular weight excluding hydrogens is 298 g/mol. The Balaban J connectivity index is 2.24. The number of rotatable bonds is 4. The summed E-state index contributed by atoms with van der Waals surface area (Å²) in [5, 5.41) is 9.06. The summed E-state index contributed by atoms with van der Waals surface area (Å²) in [6, 6.07) is 1.24. The van der Waals surface area contributed by atoms with Crippen LogP contribution in [0, 0.1) is 0 Å². The van der Waals surface area contributed by atoms with Gasteiger partial charge in [0.25, 0.3) is 0 Å². The maximum Gasteiger partial charge on any atom is 0.337 e. The van der Waals surface area contributed by atoms with Crippen LogP contribution in [0.2, 0.25) is 0 Å². The Morgan fingerprint density at radius 2 is 2.05 bits per heavy atom. The quantitative estimate of drug-likeness (QED) is 0.839. The minimum Gasteiger partial charge on any atom is -0.478 e. The number of morpholine rings is 1. The zero-order valence-electron chi connectivity index (χ0n) is 11.7. The summed E-state index contributed by atoms with van der Waals surface area (Å²) in [5.74, 6) is -1.22. The molecule has 2 unspecified atom stereocenters. The van der Waals surface area contributed by atoms with Crippen LogP contribution in [0.1, 0.15) is 24.2 Å². The molecule has 1 aromatic rings. The van der Waals surface area contributed by atoms with Crippen LogP contribution in [0.4, 0.5) is 5.69 Å². The van der Waals surface area contributed by atoms with E-state index in [0.717, 1.165) is 0 Å². The second-order valence-corrected chi connectivity index (χ2v) is 6.58. The molecule has 0 amide bonds. The Labute approximate surface area is 122 Å². The van der Waals surface area contributed by atoms with Gasteiger partial charge in [0.15, 0.2) is 0 Å². The number of aromatic carboxylic acids is 1. The number of aromatic nitrogens is 1. The highest BCUT2D eigenvalue weighted by atomic mass is 32.2. The molecule has 2 N–H and O–H groups in total. The highest BCUT2D eigenvalue weighted by molar-refractivity contribution is 7.90. The van der Waals surface area contributed by atoms with Gasteiger partial charge >= 0.3 is 16.2 Å². The van der Waals surface area contributed by atoms with Crippen LogP contribution >= 0.6 is 0 Å². The number of ether oxygens (including phenoxy) is 1. The van der Waals surface area contributed by atoms with Crippen molar-refractivity contribution >= 4 is 21.9 Å². The SMILES string of the molecule is CC1CN(S(=O)(=O)Nc2cnccc2C(=O)O)CC(C)O1. The third-order valence-electron chi connectivity index (χ3n) is 3.02. The van der Waals surface area contributed by atoms with Crippen LogP contribution in [0.15, 0.2) is 18.5 Å². The zero-order valence-corrected chi connectivity index (χ0v) is 12.5. The molecule has 1 aromatic heterocycles. The fourth-order valence-corrected chi connectivity index (χ4v) is 3.57. The number of carboxylic acid groups (broad SMARTS) is 1. The monoisotopic (exact) mass is 315 g/mol. The Kier molecular flexibility index (Phi) is 4.45. The van der Waals surface area contributed by atoms with Gasteiger partial charge in [-0.05, 0) is 19.9 Å². The molecule has 21 heavy (non-hydrogen) atoms. The number of pyridine rings is 1. The van der Waals surface area contributed by atoms with Crippen LogP contribution in [-0.4, -0.2) is 54.1 Å². The molecule has 8 nitrogen and oxygen atoms in total. The minimum absolute atomic E-state index is 0.0585. The molecular formula is C12H17N3O5S. The first-order valence-corrected chi connectivity index (χ1v) is 7.84. The molecule has 0 aromatic carbocycles. The summed E-state index contributed by atoms with van der Waals surface area (Å²) in [5.41, 5.74) is -0.209. The normalized spacial score (nSPS) is 23.7. The van der Waals surface area contributed by atoms with Crippen molar-refractivity contribution in [1.82, 2.24) is 9.29 Å². The Hall–Kier alpha value is -1.71. The van der Waals surface area contributed by atoms with E-state index in [1.807, 2.05) is 0 Å². The topological polar surface area (TPSA) is 109 Å². The standard InChI is InChI=1S/C12H17N3O5S/c1-8-6-15(7-9(2)20-8)21(18,19)14-11-5-13-4-3-10(11)12(16)17/h3-5,8-9,14H,6-7H2,1-2H3,(H,16,17). The molecule has 116 valence electrons. The maximum absolute atomic E-state index is 12.4. The van der Waals surface area contributed by atoms with Gasteiger partial charge < -0.3 is 9.84 Å². The van der Waals surface area contributed by atoms with E-state index in [1.54, 1.807) is 13.8 Å². The van der Waals surface area contributed by atoms with Gasteiger partial charge in [0.05, 0.1) is 29.7 Å². The van der Waals surface area contributed by atoms with Crippen molar-refractivity contribution in [2.45, 2.75) is 26.1 Å². The molecule has 2 heterocycles. The fourth-order valence-electron chi connectivity index (χ4n) is 2.19. The van der Waals surface area contributed by atoms with Crippen molar-refractivity contribution in [1.29, 1.82) is 0 Å². The molecule has 1 aliphatic heterocycles. The van der Waals surface area contributed by atoms with Gasteiger partial charge in [-0.1, -0.05) is 0 Å². The first kappa shape index (κ1) is 15.7. The van der Waals surface area contributed by atoms with Gasteiger partial charge in [-0.2, -0.15) is 12.7 Å². The van der Waals surface area contributed by atoms with E-state index >= 15 is 0 Å². The lowest BCUT2D eigenvalue weighted by atomic mass is 10.2. The number of carbonyl (C=O) groups is 1. The molecule has 1 aliphatic rings. The Bertz CT molecular complexity index is 624. The average molecular weight is 315 g/mol. The van der Waals surface area contributed by atoms with Crippen LogP contribution in [0.5, 0.6) is 0 Å². The van der Waals surface area contributed by atoms with Crippen molar-refractivity contribution in [2.75, 3.05) is 17.8 Å². The molecule has 0 saturated carbocycles. The van der Waals surface area contributed by atoms with Crippen molar-refractivity contribution in [3.05, 3.63) is 24.0 Å². The minimum atomic E-state index is -3.86. The number of hydrogen-bond acceptors (Lipinski definition) is 5.